The highest BCUT2D eigenvalue weighted by Gasteiger charge is 2.18. The van der Waals surface area contributed by atoms with E-state index in [0.717, 1.165) is 25.2 Å². The first-order valence-corrected chi connectivity index (χ1v) is 8.49. The smallest absolute Gasteiger partial charge is 0.239 e. The third-order valence-corrected chi connectivity index (χ3v) is 4.02. The van der Waals surface area contributed by atoms with Gasteiger partial charge in [0.15, 0.2) is 0 Å². The molecule has 0 radical (unpaired) electrons. The number of ether oxygens (including phenoxy) is 3. The second-order valence-corrected chi connectivity index (χ2v) is 5.90. The molecule has 2 amide bonds. The van der Waals surface area contributed by atoms with Crippen LogP contribution in [-0.2, 0) is 14.3 Å². The van der Waals surface area contributed by atoms with Crippen molar-refractivity contribution in [2.45, 2.75) is 25.9 Å². The summed E-state index contributed by atoms with van der Waals surface area (Å²) in [6.07, 6.45) is 2.09. The molecule has 1 aromatic carbocycles. The van der Waals surface area contributed by atoms with Crippen molar-refractivity contribution in [1.82, 2.24) is 10.2 Å². The number of hydrogen-bond acceptors (Lipinski definition) is 5. The minimum absolute atomic E-state index is 0.0219. The van der Waals surface area contributed by atoms with Crippen molar-refractivity contribution >= 4 is 11.8 Å². The first-order chi connectivity index (χ1) is 12.1. The molecule has 7 nitrogen and oxygen atoms in total. The number of amides is 2. The fourth-order valence-corrected chi connectivity index (χ4v) is 2.56. The second-order valence-electron chi connectivity index (χ2n) is 5.90. The van der Waals surface area contributed by atoms with Crippen LogP contribution in [0.5, 0.6) is 11.5 Å². The summed E-state index contributed by atoms with van der Waals surface area (Å²) in [5.41, 5.74) is 0. The maximum Gasteiger partial charge on any atom is 0.239 e. The second kappa shape index (κ2) is 9.88. The molecule has 25 heavy (non-hydrogen) atoms. The van der Waals surface area contributed by atoms with Gasteiger partial charge in [0.1, 0.15) is 18.1 Å². The van der Waals surface area contributed by atoms with E-state index < -0.39 is 0 Å². The van der Waals surface area contributed by atoms with Crippen molar-refractivity contribution in [3.8, 4) is 11.5 Å². The summed E-state index contributed by atoms with van der Waals surface area (Å²) in [5, 5.41) is 2.82. The van der Waals surface area contributed by atoms with E-state index in [-0.39, 0.29) is 24.5 Å². The van der Waals surface area contributed by atoms with E-state index in [1.54, 1.807) is 31.4 Å². The van der Waals surface area contributed by atoms with Crippen LogP contribution >= 0.6 is 0 Å². The van der Waals surface area contributed by atoms with Crippen molar-refractivity contribution in [1.29, 1.82) is 0 Å². The summed E-state index contributed by atoms with van der Waals surface area (Å²) < 4.78 is 16.2. The largest absolute Gasteiger partial charge is 0.497 e. The fourth-order valence-electron chi connectivity index (χ4n) is 2.56. The molecule has 0 spiro atoms. The molecule has 1 aliphatic heterocycles. The minimum atomic E-state index is -0.185. The average molecular weight is 350 g/mol. The van der Waals surface area contributed by atoms with E-state index in [4.69, 9.17) is 14.2 Å². The molecule has 1 fully saturated rings. The van der Waals surface area contributed by atoms with E-state index in [9.17, 15) is 9.59 Å². The van der Waals surface area contributed by atoms with Gasteiger partial charge in [0.05, 0.1) is 26.3 Å². The first kappa shape index (κ1) is 19.1. The molecular weight excluding hydrogens is 324 g/mol. The zero-order valence-electron chi connectivity index (χ0n) is 14.8. The highest BCUT2D eigenvalue weighted by atomic mass is 16.5. The monoisotopic (exact) mass is 350 g/mol. The first-order valence-electron chi connectivity index (χ1n) is 8.49. The molecule has 1 unspecified atom stereocenters. The maximum atomic E-state index is 12.0. The molecule has 138 valence electrons. The van der Waals surface area contributed by atoms with Gasteiger partial charge in [-0.05, 0) is 37.1 Å². The van der Waals surface area contributed by atoms with Crippen LogP contribution < -0.4 is 14.8 Å². The Kier molecular flexibility index (Phi) is 7.53. The number of benzene rings is 1. The molecular formula is C18H26N2O5. The topological polar surface area (TPSA) is 77.1 Å². The van der Waals surface area contributed by atoms with Gasteiger partial charge in [0, 0.05) is 20.1 Å². The number of carbonyl (C=O) groups is 2. The molecule has 7 heteroatoms. The molecule has 0 saturated carbocycles. The Labute approximate surface area is 148 Å². The lowest BCUT2D eigenvalue weighted by Gasteiger charge is -2.21. The molecule has 1 heterocycles. The van der Waals surface area contributed by atoms with E-state index in [1.165, 1.54) is 11.8 Å². The quantitative estimate of drug-likeness (QED) is 0.725. The van der Waals surface area contributed by atoms with Crippen molar-refractivity contribution in [2.75, 3.05) is 40.0 Å². The van der Waals surface area contributed by atoms with Gasteiger partial charge in [0.2, 0.25) is 11.8 Å². The fraction of sp³-hybridized carbons (Fsp3) is 0.556. The molecule has 1 aliphatic rings. The molecule has 0 bridgehead atoms. The normalized spacial score (nSPS) is 16.3. The van der Waals surface area contributed by atoms with E-state index in [2.05, 4.69) is 5.32 Å². The van der Waals surface area contributed by atoms with Crippen molar-refractivity contribution < 1.29 is 23.8 Å². The lowest BCUT2D eigenvalue weighted by Crippen LogP contribution is -2.43. The Morgan fingerprint density at radius 1 is 1.28 bits per heavy atom. The number of carbonyl (C=O) groups excluding carboxylic acids is 2. The van der Waals surface area contributed by atoms with Gasteiger partial charge < -0.3 is 24.4 Å². The lowest BCUT2D eigenvalue weighted by molar-refractivity contribution is -0.134. The number of hydrogen-bond donors (Lipinski definition) is 1. The average Bonchev–Trinajstić information content (AvgIpc) is 3.13. The van der Waals surface area contributed by atoms with Gasteiger partial charge in [0.25, 0.3) is 0 Å². The summed E-state index contributed by atoms with van der Waals surface area (Å²) in [6, 6.07) is 7.20. The number of rotatable bonds is 9. The Balaban J connectivity index is 1.71. The summed E-state index contributed by atoms with van der Waals surface area (Å²) in [5.74, 6) is 1.09. The highest BCUT2D eigenvalue weighted by Crippen LogP contribution is 2.16. The molecule has 1 saturated heterocycles. The SMILES string of the molecule is COc1ccc(OCCN(CC(=O)NCC2CCCO2)C(C)=O)cc1. The lowest BCUT2D eigenvalue weighted by atomic mass is 10.2. The third-order valence-electron chi connectivity index (χ3n) is 4.02. The molecule has 0 aromatic heterocycles. The zero-order chi connectivity index (χ0) is 18.1. The summed E-state index contributed by atoms with van der Waals surface area (Å²) in [4.78, 5) is 25.2. The van der Waals surface area contributed by atoms with Gasteiger partial charge >= 0.3 is 0 Å². The predicted octanol–water partition coefficient (Wildman–Crippen LogP) is 1.22. The molecule has 1 N–H and O–H groups in total. The summed E-state index contributed by atoms with van der Waals surface area (Å²) in [6.45, 7) is 3.37. The Bertz CT molecular complexity index is 555. The summed E-state index contributed by atoms with van der Waals surface area (Å²) >= 11 is 0. The van der Waals surface area contributed by atoms with Crippen LogP contribution in [0, 0.1) is 0 Å². The van der Waals surface area contributed by atoms with Crippen LogP contribution in [0.15, 0.2) is 24.3 Å². The molecule has 0 aliphatic carbocycles. The van der Waals surface area contributed by atoms with Crippen molar-refractivity contribution in [3.05, 3.63) is 24.3 Å². The van der Waals surface area contributed by atoms with Crippen LogP contribution in [0.25, 0.3) is 0 Å². The maximum absolute atomic E-state index is 12.0. The Morgan fingerprint density at radius 3 is 2.60 bits per heavy atom. The van der Waals surface area contributed by atoms with Crippen LogP contribution in [0.3, 0.4) is 0 Å². The number of methoxy groups -OCH3 is 1. The number of nitrogens with one attached hydrogen (secondary N) is 1. The van der Waals surface area contributed by atoms with Crippen molar-refractivity contribution in [2.24, 2.45) is 0 Å². The van der Waals surface area contributed by atoms with Gasteiger partial charge in [-0.15, -0.1) is 0 Å². The Hall–Kier alpha value is -2.28. The molecule has 2 rings (SSSR count). The van der Waals surface area contributed by atoms with Crippen LogP contribution in [-0.4, -0.2) is 62.8 Å². The highest BCUT2D eigenvalue weighted by molar-refractivity contribution is 5.83. The predicted molar refractivity (Wildman–Crippen MR) is 92.7 cm³/mol. The minimum Gasteiger partial charge on any atom is -0.497 e. The molecule has 1 aromatic rings. The van der Waals surface area contributed by atoms with Gasteiger partial charge in [-0.3, -0.25) is 9.59 Å². The standard InChI is InChI=1S/C18H26N2O5/c1-14(21)20(13-18(22)19-12-17-4-3-10-24-17)9-11-25-16-7-5-15(23-2)6-8-16/h5-8,17H,3-4,9-13H2,1-2H3,(H,19,22). The number of nitrogens with zero attached hydrogens (tertiary/aromatic N) is 1. The van der Waals surface area contributed by atoms with Crippen molar-refractivity contribution in [3.63, 3.8) is 0 Å². The van der Waals surface area contributed by atoms with E-state index in [0.29, 0.717) is 25.4 Å². The van der Waals surface area contributed by atoms with E-state index >= 15 is 0 Å². The summed E-state index contributed by atoms with van der Waals surface area (Å²) in [7, 11) is 1.60. The third kappa shape index (κ3) is 6.62. The van der Waals surface area contributed by atoms with E-state index in [1.807, 2.05) is 0 Å². The Morgan fingerprint density at radius 2 is 2.00 bits per heavy atom. The van der Waals surface area contributed by atoms with Gasteiger partial charge in [-0.25, -0.2) is 0 Å². The van der Waals surface area contributed by atoms with Crippen LogP contribution in [0.2, 0.25) is 0 Å². The zero-order valence-corrected chi connectivity index (χ0v) is 14.8. The van der Waals surface area contributed by atoms with Crippen LogP contribution in [0.4, 0.5) is 0 Å². The van der Waals surface area contributed by atoms with Gasteiger partial charge in [-0.2, -0.15) is 0 Å². The van der Waals surface area contributed by atoms with Crippen LogP contribution in [0.1, 0.15) is 19.8 Å². The molecule has 1 atom stereocenters. The van der Waals surface area contributed by atoms with Gasteiger partial charge in [-0.1, -0.05) is 0 Å².